The van der Waals surface area contributed by atoms with Crippen molar-refractivity contribution in [1.82, 2.24) is 0 Å². The van der Waals surface area contributed by atoms with Crippen LogP contribution in [0, 0.1) is 17.4 Å². The minimum atomic E-state index is -1.40. The molecule has 3 heteroatoms. The van der Waals surface area contributed by atoms with Gasteiger partial charge in [0.15, 0.2) is 0 Å². The summed E-state index contributed by atoms with van der Waals surface area (Å²) in [6.07, 6.45) is 8.56. The Balaban J connectivity index is 1.85. The molecule has 1 saturated heterocycles. The summed E-state index contributed by atoms with van der Waals surface area (Å²) in [5, 5.41) is 10.2. The summed E-state index contributed by atoms with van der Waals surface area (Å²) in [5.41, 5.74) is 3.25. The van der Waals surface area contributed by atoms with Gasteiger partial charge in [0.2, 0.25) is 0 Å². The lowest BCUT2D eigenvalue weighted by Crippen LogP contribution is -2.29. The first-order valence-electron chi connectivity index (χ1n) is 7.82. The van der Waals surface area contributed by atoms with Gasteiger partial charge in [0.25, 0.3) is 0 Å². The van der Waals surface area contributed by atoms with Crippen molar-refractivity contribution in [1.29, 1.82) is 0 Å². The van der Waals surface area contributed by atoms with E-state index in [1.807, 2.05) is 0 Å². The number of rotatable bonds is 2. The molecule has 0 radical (unpaired) electrons. The third-order valence-electron chi connectivity index (χ3n) is 4.21. The maximum absolute atomic E-state index is 10.2. The smallest absolute Gasteiger partial charge is 0.140 e. The van der Waals surface area contributed by atoms with Crippen LogP contribution >= 0.6 is 0 Å². The minimum Gasteiger partial charge on any atom is -0.378 e. The van der Waals surface area contributed by atoms with Crippen LogP contribution < -0.4 is 0 Å². The number of hydrogen-bond donors (Lipinski definition) is 1. The number of ether oxygens (including phenoxy) is 1. The van der Waals surface area contributed by atoms with E-state index in [0.717, 1.165) is 18.8 Å². The molecular weight excluding hydrogens is 252 g/mol. The van der Waals surface area contributed by atoms with E-state index in [0.29, 0.717) is 6.10 Å². The third-order valence-corrected chi connectivity index (χ3v) is 5.10. The van der Waals surface area contributed by atoms with E-state index < -0.39 is 14.2 Å². The van der Waals surface area contributed by atoms with Crippen molar-refractivity contribution < 1.29 is 9.84 Å². The van der Waals surface area contributed by atoms with Crippen molar-refractivity contribution >= 4 is 8.07 Å². The second kappa shape index (κ2) is 6.43. The normalized spacial score (nSPS) is 30.7. The second-order valence-electron chi connectivity index (χ2n) is 7.15. The maximum atomic E-state index is 10.2. The van der Waals surface area contributed by atoms with Crippen LogP contribution in [0.5, 0.6) is 0 Å². The van der Waals surface area contributed by atoms with Crippen molar-refractivity contribution in [3.05, 3.63) is 0 Å². The van der Waals surface area contributed by atoms with Crippen molar-refractivity contribution in [2.24, 2.45) is 5.92 Å². The highest BCUT2D eigenvalue weighted by Crippen LogP contribution is 2.35. The molecule has 0 bridgehead atoms. The van der Waals surface area contributed by atoms with Gasteiger partial charge in [0, 0.05) is 0 Å². The van der Waals surface area contributed by atoms with E-state index in [1.54, 1.807) is 0 Å². The molecule has 1 N–H and O–H groups in total. The average Bonchev–Trinajstić information content (AvgIpc) is 2.86. The van der Waals surface area contributed by atoms with Gasteiger partial charge in [0.1, 0.15) is 14.2 Å². The fraction of sp³-hybridized carbons (Fsp3) is 0.875. The van der Waals surface area contributed by atoms with E-state index >= 15 is 0 Å². The lowest BCUT2D eigenvalue weighted by atomic mass is 9.84. The summed E-state index contributed by atoms with van der Waals surface area (Å²) in [4.78, 5) is 0. The van der Waals surface area contributed by atoms with E-state index in [-0.39, 0.29) is 6.10 Å². The number of aliphatic hydroxyl groups is 1. The van der Waals surface area contributed by atoms with Gasteiger partial charge < -0.3 is 9.84 Å². The summed E-state index contributed by atoms with van der Waals surface area (Å²) in [6.45, 7) is 6.60. The first-order chi connectivity index (χ1) is 8.96. The van der Waals surface area contributed by atoms with Crippen molar-refractivity contribution in [3.63, 3.8) is 0 Å². The fourth-order valence-electron chi connectivity index (χ4n) is 3.16. The Morgan fingerprint density at radius 3 is 2.37 bits per heavy atom. The number of hydrogen-bond acceptors (Lipinski definition) is 2. The molecule has 2 nitrogen and oxygen atoms in total. The predicted octanol–water partition coefficient (Wildman–Crippen LogP) is 3.36. The summed E-state index contributed by atoms with van der Waals surface area (Å²) in [5.74, 6) is 3.76. The topological polar surface area (TPSA) is 29.5 Å². The highest BCUT2D eigenvalue weighted by atomic mass is 28.3. The summed E-state index contributed by atoms with van der Waals surface area (Å²) >= 11 is 0. The average molecular weight is 280 g/mol. The zero-order valence-corrected chi connectivity index (χ0v) is 13.6. The molecule has 0 aromatic rings. The van der Waals surface area contributed by atoms with Crippen LogP contribution in [0.25, 0.3) is 0 Å². The highest BCUT2D eigenvalue weighted by molar-refractivity contribution is 6.83. The van der Waals surface area contributed by atoms with Crippen LogP contribution in [-0.4, -0.2) is 31.5 Å². The number of aliphatic hydroxyl groups excluding tert-OH is 1. The van der Waals surface area contributed by atoms with Crippen LogP contribution in [-0.2, 0) is 4.74 Å². The van der Waals surface area contributed by atoms with Gasteiger partial charge in [0.05, 0.1) is 12.2 Å². The Bertz CT molecular complexity index is 344. The molecule has 2 rings (SSSR count). The summed E-state index contributed by atoms with van der Waals surface area (Å²) in [7, 11) is -1.40. The largest absolute Gasteiger partial charge is 0.378 e. The molecule has 19 heavy (non-hydrogen) atoms. The summed E-state index contributed by atoms with van der Waals surface area (Å²) < 4.78 is 6.09. The van der Waals surface area contributed by atoms with Crippen molar-refractivity contribution in [2.75, 3.05) is 0 Å². The van der Waals surface area contributed by atoms with Crippen molar-refractivity contribution in [3.8, 4) is 11.5 Å². The van der Waals surface area contributed by atoms with Crippen LogP contribution in [0.1, 0.15) is 44.9 Å². The van der Waals surface area contributed by atoms with Gasteiger partial charge >= 0.3 is 0 Å². The zero-order valence-electron chi connectivity index (χ0n) is 12.6. The monoisotopic (exact) mass is 280 g/mol. The van der Waals surface area contributed by atoms with Gasteiger partial charge in [-0.3, -0.25) is 0 Å². The lowest BCUT2D eigenvalue weighted by Gasteiger charge is -2.27. The van der Waals surface area contributed by atoms with Gasteiger partial charge in [-0.25, -0.2) is 0 Å². The van der Waals surface area contributed by atoms with E-state index in [9.17, 15) is 5.11 Å². The second-order valence-corrected chi connectivity index (χ2v) is 11.9. The maximum Gasteiger partial charge on any atom is 0.140 e. The third kappa shape index (κ3) is 4.63. The van der Waals surface area contributed by atoms with Gasteiger partial charge in [-0.1, -0.05) is 44.8 Å². The molecule has 2 fully saturated rings. The highest BCUT2D eigenvalue weighted by Gasteiger charge is 2.35. The minimum absolute atomic E-state index is 0.0456. The van der Waals surface area contributed by atoms with Gasteiger partial charge in [-0.05, 0) is 31.6 Å². The molecule has 108 valence electrons. The quantitative estimate of drug-likeness (QED) is 0.621. The lowest BCUT2D eigenvalue weighted by molar-refractivity contribution is -0.0396. The Hall–Kier alpha value is -0.303. The Morgan fingerprint density at radius 2 is 1.74 bits per heavy atom. The molecule has 1 heterocycles. The first-order valence-corrected chi connectivity index (χ1v) is 11.3. The van der Waals surface area contributed by atoms with Crippen LogP contribution in [0.2, 0.25) is 19.6 Å². The van der Waals surface area contributed by atoms with Crippen LogP contribution in [0.3, 0.4) is 0 Å². The molecule has 0 spiro atoms. The molecule has 2 aliphatic rings. The van der Waals surface area contributed by atoms with Crippen LogP contribution in [0.4, 0.5) is 0 Å². The molecule has 1 saturated carbocycles. The standard InChI is InChI=1S/C16H28O2Si/c1-19(2,3)12-11-14(17)16-10-9-15(18-16)13-7-5-4-6-8-13/h13-17H,4-10H2,1-3H3/t14?,15-,16-/m1/s1. The molecule has 1 aliphatic heterocycles. The van der Waals surface area contributed by atoms with Gasteiger partial charge in [-0.15, -0.1) is 5.54 Å². The van der Waals surface area contributed by atoms with Crippen LogP contribution in [0.15, 0.2) is 0 Å². The Morgan fingerprint density at radius 1 is 1.05 bits per heavy atom. The first kappa shape index (κ1) is 15.1. The fourth-order valence-corrected chi connectivity index (χ4v) is 3.74. The van der Waals surface area contributed by atoms with Gasteiger partial charge in [-0.2, -0.15) is 0 Å². The van der Waals surface area contributed by atoms with E-state index in [2.05, 4.69) is 31.1 Å². The molecule has 1 aliphatic carbocycles. The molecule has 1 unspecified atom stereocenters. The SMILES string of the molecule is C[Si](C)(C)C#CC(O)[C@H]1CC[C@H](C2CCCCC2)O1. The molecule has 0 aromatic heterocycles. The zero-order chi connectivity index (χ0) is 13.9. The molecular formula is C16H28O2Si. The van der Waals surface area contributed by atoms with Crippen molar-refractivity contribution in [2.45, 2.75) is 82.9 Å². The molecule has 0 aromatic carbocycles. The summed E-state index contributed by atoms with van der Waals surface area (Å²) in [6, 6.07) is 0. The Kier molecular flexibility index (Phi) is 5.11. The Labute approximate surface area is 118 Å². The predicted molar refractivity (Wildman–Crippen MR) is 81.6 cm³/mol. The molecule has 3 atom stereocenters. The molecule has 0 amide bonds. The van der Waals surface area contributed by atoms with E-state index in [4.69, 9.17) is 4.74 Å². The van der Waals surface area contributed by atoms with E-state index in [1.165, 1.54) is 32.1 Å².